The van der Waals surface area contributed by atoms with Crippen LogP contribution in [0.4, 0.5) is 0 Å². The molecule has 0 unspecified atom stereocenters. The molecule has 0 atom stereocenters. The van der Waals surface area contributed by atoms with E-state index in [0.717, 1.165) is 18.4 Å². The second-order valence-electron chi connectivity index (χ2n) is 7.06. The van der Waals surface area contributed by atoms with E-state index in [2.05, 4.69) is 15.5 Å². The van der Waals surface area contributed by atoms with Gasteiger partial charge in [-0.3, -0.25) is 4.79 Å². The number of nitrogens with zero attached hydrogens (tertiary/aromatic N) is 2. The van der Waals surface area contributed by atoms with Gasteiger partial charge in [0.2, 0.25) is 17.6 Å². The summed E-state index contributed by atoms with van der Waals surface area (Å²) in [7, 11) is 0. The second-order valence-corrected chi connectivity index (χ2v) is 7.50. The Hall–Kier alpha value is -1.63. The minimum Gasteiger partial charge on any atom is -0.356 e. The molecular formula is C19H26Cl2N4O2. The first kappa shape index (κ1) is 21.7. The van der Waals surface area contributed by atoms with Crippen LogP contribution in [0.2, 0.25) is 5.02 Å². The first-order chi connectivity index (χ1) is 12.6. The van der Waals surface area contributed by atoms with E-state index in [-0.39, 0.29) is 23.7 Å². The Kier molecular flexibility index (Phi) is 8.07. The van der Waals surface area contributed by atoms with Gasteiger partial charge in [0.15, 0.2) is 0 Å². The van der Waals surface area contributed by atoms with Gasteiger partial charge in [-0.15, -0.1) is 12.4 Å². The van der Waals surface area contributed by atoms with E-state index in [4.69, 9.17) is 21.9 Å². The average molecular weight is 413 g/mol. The zero-order valence-electron chi connectivity index (χ0n) is 15.2. The SMILES string of the molecule is Cl.NCC1(CC(=O)NCCc2nc(-c3cccc(Cl)c3)no2)CCCCC1. The van der Waals surface area contributed by atoms with Crippen LogP contribution >= 0.6 is 24.0 Å². The number of rotatable bonds is 7. The van der Waals surface area contributed by atoms with Gasteiger partial charge in [-0.25, -0.2) is 0 Å². The van der Waals surface area contributed by atoms with E-state index in [9.17, 15) is 4.79 Å². The Morgan fingerprint density at radius 1 is 1.30 bits per heavy atom. The minimum atomic E-state index is -0.0213. The Morgan fingerprint density at radius 2 is 2.07 bits per heavy atom. The smallest absolute Gasteiger partial charge is 0.228 e. The molecule has 1 aromatic carbocycles. The highest BCUT2D eigenvalue weighted by Gasteiger charge is 2.32. The number of carbonyl (C=O) groups excluding carboxylic acids is 1. The van der Waals surface area contributed by atoms with E-state index in [1.807, 2.05) is 12.1 Å². The number of hydrogen-bond donors (Lipinski definition) is 2. The lowest BCUT2D eigenvalue weighted by atomic mass is 9.71. The zero-order chi connectivity index (χ0) is 18.4. The number of amides is 1. The van der Waals surface area contributed by atoms with Crippen LogP contribution < -0.4 is 11.1 Å². The molecule has 2 aromatic rings. The van der Waals surface area contributed by atoms with Crippen molar-refractivity contribution in [2.75, 3.05) is 13.1 Å². The number of benzene rings is 1. The molecule has 6 nitrogen and oxygen atoms in total. The molecule has 27 heavy (non-hydrogen) atoms. The summed E-state index contributed by atoms with van der Waals surface area (Å²) in [6.45, 7) is 1.05. The van der Waals surface area contributed by atoms with E-state index in [1.54, 1.807) is 12.1 Å². The molecule has 1 aliphatic rings. The maximum absolute atomic E-state index is 12.3. The average Bonchev–Trinajstić information content (AvgIpc) is 3.11. The topological polar surface area (TPSA) is 94.0 Å². The van der Waals surface area contributed by atoms with Crippen molar-refractivity contribution in [1.29, 1.82) is 0 Å². The van der Waals surface area contributed by atoms with Crippen molar-refractivity contribution < 1.29 is 9.32 Å². The van der Waals surface area contributed by atoms with Crippen molar-refractivity contribution in [3.63, 3.8) is 0 Å². The van der Waals surface area contributed by atoms with Gasteiger partial charge in [-0.1, -0.05) is 48.2 Å². The van der Waals surface area contributed by atoms with Gasteiger partial charge in [-0.05, 0) is 36.9 Å². The van der Waals surface area contributed by atoms with Crippen LogP contribution in [0.15, 0.2) is 28.8 Å². The fourth-order valence-corrected chi connectivity index (χ4v) is 3.76. The standard InChI is InChI=1S/C19H25ClN4O2.ClH/c20-15-6-4-5-14(11-15)18-23-17(26-24-18)7-10-22-16(25)12-19(13-21)8-2-1-3-9-19;/h4-6,11H,1-3,7-10,12-13,21H2,(H,22,25);1H. The molecule has 0 saturated heterocycles. The van der Waals surface area contributed by atoms with Crippen molar-refractivity contribution in [2.24, 2.45) is 11.1 Å². The highest BCUT2D eigenvalue weighted by atomic mass is 35.5. The van der Waals surface area contributed by atoms with Crippen LogP contribution in [0.3, 0.4) is 0 Å². The van der Waals surface area contributed by atoms with Crippen molar-refractivity contribution >= 4 is 29.9 Å². The Balaban J connectivity index is 0.00000261. The fraction of sp³-hybridized carbons (Fsp3) is 0.526. The van der Waals surface area contributed by atoms with Crippen molar-refractivity contribution in [3.8, 4) is 11.4 Å². The van der Waals surface area contributed by atoms with Gasteiger partial charge >= 0.3 is 0 Å². The molecule has 1 aromatic heterocycles. The van der Waals surface area contributed by atoms with Gasteiger partial charge in [0.25, 0.3) is 0 Å². The quantitative estimate of drug-likeness (QED) is 0.721. The molecule has 0 aliphatic heterocycles. The molecule has 8 heteroatoms. The van der Waals surface area contributed by atoms with Crippen molar-refractivity contribution in [3.05, 3.63) is 35.2 Å². The van der Waals surface area contributed by atoms with Gasteiger partial charge < -0.3 is 15.6 Å². The number of hydrogen-bond acceptors (Lipinski definition) is 5. The van der Waals surface area contributed by atoms with Crippen LogP contribution in [0.1, 0.15) is 44.4 Å². The monoisotopic (exact) mass is 412 g/mol. The van der Waals surface area contributed by atoms with Gasteiger partial charge in [0.1, 0.15) is 0 Å². The molecule has 0 bridgehead atoms. The maximum atomic E-state index is 12.3. The summed E-state index contributed by atoms with van der Waals surface area (Å²) < 4.78 is 5.26. The second kappa shape index (κ2) is 10.1. The molecule has 1 amide bonds. The molecule has 1 fully saturated rings. The third kappa shape index (κ3) is 5.92. The van der Waals surface area contributed by atoms with Crippen molar-refractivity contribution in [2.45, 2.75) is 44.9 Å². The summed E-state index contributed by atoms with van der Waals surface area (Å²) in [5.41, 5.74) is 6.74. The first-order valence-corrected chi connectivity index (χ1v) is 9.53. The Morgan fingerprint density at radius 3 is 2.78 bits per heavy atom. The lowest BCUT2D eigenvalue weighted by molar-refractivity contribution is -0.123. The zero-order valence-corrected chi connectivity index (χ0v) is 16.8. The molecule has 0 radical (unpaired) electrons. The summed E-state index contributed by atoms with van der Waals surface area (Å²) in [5, 5.41) is 7.54. The number of nitrogens with two attached hydrogens (primary N) is 1. The van der Waals surface area contributed by atoms with E-state index >= 15 is 0 Å². The molecule has 0 spiro atoms. The van der Waals surface area contributed by atoms with Gasteiger partial charge in [-0.2, -0.15) is 4.98 Å². The lowest BCUT2D eigenvalue weighted by Gasteiger charge is -2.35. The van der Waals surface area contributed by atoms with E-state index in [0.29, 0.717) is 42.7 Å². The summed E-state index contributed by atoms with van der Waals surface area (Å²) in [5.74, 6) is 1.04. The summed E-state index contributed by atoms with van der Waals surface area (Å²) >= 11 is 5.98. The Bertz CT molecular complexity index is 745. The number of aromatic nitrogens is 2. The fourth-order valence-electron chi connectivity index (χ4n) is 3.57. The van der Waals surface area contributed by atoms with Crippen LogP contribution in [-0.2, 0) is 11.2 Å². The molecule has 1 heterocycles. The first-order valence-electron chi connectivity index (χ1n) is 9.16. The summed E-state index contributed by atoms with van der Waals surface area (Å²) in [6, 6.07) is 7.29. The van der Waals surface area contributed by atoms with Crippen molar-refractivity contribution in [1.82, 2.24) is 15.5 Å². The highest BCUT2D eigenvalue weighted by Crippen LogP contribution is 2.38. The minimum absolute atomic E-state index is 0. The third-order valence-electron chi connectivity index (χ3n) is 5.09. The molecule has 148 valence electrons. The van der Waals surface area contributed by atoms with Crippen LogP contribution in [0, 0.1) is 5.41 Å². The van der Waals surface area contributed by atoms with Gasteiger partial charge in [0, 0.05) is 30.0 Å². The lowest BCUT2D eigenvalue weighted by Crippen LogP contribution is -2.39. The number of carbonyl (C=O) groups is 1. The Labute approximate surface area is 170 Å². The van der Waals surface area contributed by atoms with Crippen LogP contribution in [-0.4, -0.2) is 29.1 Å². The molecule has 3 N–H and O–H groups in total. The molecule has 1 aliphatic carbocycles. The maximum Gasteiger partial charge on any atom is 0.228 e. The van der Waals surface area contributed by atoms with Gasteiger partial charge in [0.05, 0.1) is 0 Å². The molecule has 1 saturated carbocycles. The van der Waals surface area contributed by atoms with Crippen LogP contribution in [0.5, 0.6) is 0 Å². The number of halogens is 2. The summed E-state index contributed by atoms with van der Waals surface area (Å²) in [4.78, 5) is 16.6. The highest BCUT2D eigenvalue weighted by molar-refractivity contribution is 6.30. The number of nitrogens with one attached hydrogen (secondary N) is 1. The largest absolute Gasteiger partial charge is 0.356 e. The third-order valence-corrected chi connectivity index (χ3v) is 5.33. The molecular weight excluding hydrogens is 387 g/mol. The van der Waals surface area contributed by atoms with Crippen LogP contribution in [0.25, 0.3) is 11.4 Å². The normalized spacial score (nSPS) is 15.8. The predicted octanol–water partition coefficient (Wildman–Crippen LogP) is 3.77. The van der Waals surface area contributed by atoms with E-state index in [1.165, 1.54) is 19.3 Å². The predicted molar refractivity (Wildman–Crippen MR) is 108 cm³/mol. The molecule has 3 rings (SSSR count). The summed E-state index contributed by atoms with van der Waals surface area (Å²) in [6.07, 6.45) is 6.66. The van der Waals surface area contributed by atoms with E-state index < -0.39 is 0 Å².